The number of rotatable bonds is 7. The Bertz CT molecular complexity index is 673. The number of nitrogens with one attached hydrogen (secondary N) is 1. The third-order valence-electron chi connectivity index (χ3n) is 3.27. The van der Waals surface area contributed by atoms with Crippen molar-refractivity contribution in [1.29, 1.82) is 0 Å². The van der Waals surface area contributed by atoms with Crippen molar-refractivity contribution in [3.8, 4) is 11.5 Å². The van der Waals surface area contributed by atoms with Gasteiger partial charge in [-0.25, -0.2) is 0 Å². The number of ether oxygens (including phenoxy) is 2. The van der Waals surface area contributed by atoms with Gasteiger partial charge in [0.25, 0.3) is 5.91 Å². The summed E-state index contributed by atoms with van der Waals surface area (Å²) in [4.78, 5) is 12.3. The Hall–Kier alpha value is -2.20. The average molecular weight is 334 g/mol. The van der Waals surface area contributed by atoms with Gasteiger partial charge in [-0.2, -0.15) is 0 Å². The van der Waals surface area contributed by atoms with E-state index in [1.807, 2.05) is 6.07 Å². The van der Waals surface area contributed by atoms with Crippen LogP contribution in [0.15, 0.2) is 42.5 Å². The normalized spacial score (nSPS) is 10.2. The van der Waals surface area contributed by atoms with E-state index >= 15 is 0 Å². The maximum absolute atomic E-state index is 12.3. The number of hydrogen-bond donors (Lipinski definition) is 1. The van der Waals surface area contributed by atoms with Crippen LogP contribution in [0.5, 0.6) is 11.5 Å². The van der Waals surface area contributed by atoms with Gasteiger partial charge < -0.3 is 14.8 Å². The summed E-state index contributed by atoms with van der Waals surface area (Å²) in [5.74, 6) is 1.04. The molecule has 0 radical (unpaired) electrons. The molecule has 1 N–H and O–H groups in total. The van der Waals surface area contributed by atoms with Crippen molar-refractivity contribution in [1.82, 2.24) is 0 Å². The molecule has 0 aliphatic heterocycles. The van der Waals surface area contributed by atoms with Crippen molar-refractivity contribution in [2.24, 2.45) is 0 Å². The molecule has 0 saturated carbocycles. The number of carbonyl (C=O) groups excluding carboxylic acids is 1. The molecular weight excluding hydrogens is 314 g/mol. The predicted molar refractivity (Wildman–Crippen MR) is 92.8 cm³/mol. The highest BCUT2D eigenvalue weighted by molar-refractivity contribution is 6.32. The van der Waals surface area contributed by atoms with E-state index in [0.29, 0.717) is 34.4 Å². The van der Waals surface area contributed by atoms with Gasteiger partial charge in [-0.3, -0.25) is 4.79 Å². The minimum Gasteiger partial charge on any atom is -0.495 e. The van der Waals surface area contributed by atoms with Crippen molar-refractivity contribution in [3.63, 3.8) is 0 Å². The molecular formula is C18H20ClNO3. The second-order valence-electron chi connectivity index (χ2n) is 5.03. The van der Waals surface area contributed by atoms with Crippen molar-refractivity contribution in [2.75, 3.05) is 19.0 Å². The third kappa shape index (κ3) is 4.89. The van der Waals surface area contributed by atoms with Crippen LogP contribution in [0.25, 0.3) is 0 Å². The van der Waals surface area contributed by atoms with E-state index in [2.05, 4.69) is 12.2 Å². The highest BCUT2D eigenvalue weighted by atomic mass is 35.5. The smallest absolute Gasteiger partial charge is 0.255 e. The number of carbonyl (C=O) groups is 1. The second kappa shape index (κ2) is 8.44. The molecule has 0 fully saturated rings. The van der Waals surface area contributed by atoms with E-state index in [-0.39, 0.29) is 5.91 Å². The molecule has 2 rings (SSSR count). The minimum absolute atomic E-state index is 0.216. The standard InChI is InChI=1S/C18H20ClNO3/c1-3-4-10-23-15-7-5-6-13(11-15)18(21)20-14-8-9-17(22-2)16(19)12-14/h5-9,11-12H,3-4,10H2,1-2H3,(H,20,21). The Labute approximate surface area is 141 Å². The molecule has 4 nitrogen and oxygen atoms in total. The van der Waals surface area contributed by atoms with Gasteiger partial charge >= 0.3 is 0 Å². The lowest BCUT2D eigenvalue weighted by Gasteiger charge is -2.10. The lowest BCUT2D eigenvalue weighted by Crippen LogP contribution is -2.12. The summed E-state index contributed by atoms with van der Waals surface area (Å²) >= 11 is 6.06. The van der Waals surface area contributed by atoms with Crippen molar-refractivity contribution >= 4 is 23.2 Å². The topological polar surface area (TPSA) is 47.6 Å². The molecule has 0 spiro atoms. The van der Waals surface area contributed by atoms with Gasteiger partial charge in [0.1, 0.15) is 11.5 Å². The van der Waals surface area contributed by atoms with E-state index in [1.54, 1.807) is 43.5 Å². The average Bonchev–Trinajstić information content (AvgIpc) is 2.55. The molecule has 5 heteroatoms. The number of amides is 1. The molecule has 0 atom stereocenters. The first-order valence-corrected chi connectivity index (χ1v) is 7.89. The lowest BCUT2D eigenvalue weighted by molar-refractivity contribution is 0.102. The van der Waals surface area contributed by atoms with E-state index < -0.39 is 0 Å². The van der Waals surface area contributed by atoms with Crippen LogP contribution in [0.3, 0.4) is 0 Å². The Morgan fingerprint density at radius 1 is 1.22 bits per heavy atom. The van der Waals surface area contributed by atoms with Crippen LogP contribution in [0.1, 0.15) is 30.1 Å². The lowest BCUT2D eigenvalue weighted by atomic mass is 10.2. The molecule has 2 aromatic carbocycles. The molecule has 0 bridgehead atoms. The largest absolute Gasteiger partial charge is 0.495 e. The maximum atomic E-state index is 12.3. The summed E-state index contributed by atoms with van der Waals surface area (Å²) in [5.41, 5.74) is 1.14. The number of hydrogen-bond acceptors (Lipinski definition) is 3. The summed E-state index contributed by atoms with van der Waals surface area (Å²) < 4.78 is 10.7. The zero-order valence-electron chi connectivity index (χ0n) is 13.3. The summed E-state index contributed by atoms with van der Waals surface area (Å²) in [5, 5.41) is 3.26. The molecule has 0 aliphatic carbocycles. The van der Waals surface area contributed by atoms with Crippen LogP contribution in [0.2, 0.25) is 5.02 Å². The fraction of sp³-hybridized carbons (Fsp3) is 0.278. The van der Waals surface area contributed by atoms with Gasteiger partial charge in [0, 0.05) is 11.3 Å². The molecule has 0 saturated heterocycles. The number of unbranched alkanes of at least 4 members (excludes halogenated alkanes) is 1. The van der Waals surface area contributed by atoms with E-state index in [1.165, 1.54) is 0 Å². The number of benzene rings is 2. The molecule has 0 heterocycles. The molecule has 1 amide bonds. The Morgan fingerprint density at radius 2 is 2.04 bits per heavy atom. The van der Waals surface area contributed by atoms with Gasteiger partial charge in [-0.15, -0.1) is 0 Å². The summed E-state index contributed by atoms with van der Waals surface area (Å²) in [6.45, 7) is 2.75. The highest BCUT2D eigenvalue weighted by Crippen LogP contribution is 2.27. The molecule has 2 aromatic rings. The second-order valence-corrected chi connectivity index (χ2v) is 5.44. The predicted octanol–water partition coefficient (Wildman–Crippen LogP) is 4.78. The summed E-state index contributed by atoms with van der Waals surface area (Å²) in [6.07, 6.45) is 2.05. The molecule has 0 aromatic heterocycles. The van der Waals surface area contributed by atoms with Crippen LogP contribution in [0, 0.1) is 0 Å². The van der Waals surface area contributed by atoms with Crippen molar-refractivity contribution in [3.05, 3.63) is 53.1 Å². The summed E-state index contributed by atoms with van der Waals surface area (Å²) in [6, 6.07) is 12.2. The zero-order chi connectivity index (χ0) is 16.7. The van der Waals surface area contributed by atoms with Crippen LogP contribution in [0.4, 0.5) is 5.69 Å². The van der Waals surface area contributed by atoms with Gasteiger partial charge in [-0.05, 0) is 42.8 Å². The molecule has 122 valence electrons. The van der Waals surface area contributed by atoms with Crippen LogP contribution < -0.4 is 14.8 Å². The minimum atomic E-state index is -0.216. The number of methoxy groups -OCH3 is 1. The fourth-order valence-corrected chi connectivity index (χ4v) is 2.27. The Balaban J connectivity index is 2.05. The van der Waals surface area contributed by atoms with Gasteiger partial charge in [0.2, 0.25) is 0 Å². The van der Waals surface area contributed by atoms with Gasteiger partial charge in [0.05, 0.1) is 18.7 Å². The zero-order valence-corrected chi connectivity index (χ0v) is 14.0. The fourth-order valence-electron chi connectivity index (χ4n) is 2.01. The van der Waals surface area contributed by atoms with Crippen LogP contribution in [-0.4, -0.2) is 19.6 Å². The third-order valence-corrected chi connectivity index (χ3v) is 3.57. The number of halogens is 1. The van der Waals surface area contributed by atoms with E-state index in [9.17, 15) is 4.79 Å². The maximum Gasteiger partial charge on any atom is 0.255 e. The molecule has 0 aliphatic rings. The van der Waals surface area contributed by atoms with Crippen molar-refractivity contribution in [2.45, 2.75) is 19.8 Å². The van der Waals surface area contributed by atoms with E-state index in [0.717, 1.165) is 12.8 Å². The van der Waals surface area contributed by atoms with Crippen LogP contribution >= 0.6 is 11.6 Å². The van der Waals surface area contributed by atoms with Gasteiger partial charge in [-0.1, -0.05) is 31.0 Å². The first-order chi connectivity index (χ1) is 11.1. The quantitative estimate of drug-likeness (QED) is 0.742. The summed E-state index contributed by atoms with van der Waals surface area (Å²) in [7, 11) is 1.55. The monoisotopic (exact) mass is 333 g/mol. The highest BCUT2D eigenvalue weighted by Gasteiger charge is 2.09. The first kappa shape index (κ1) is 17.2. The van der Waals surface area contributed by atoms with Gasteiger partial charge in [0.15, 0.2) is 0 Å². The van der Waals surface area contributed by atoms with Crippen LogP contribution in [-0.2, 0) is 0 Å². The Kier molecular flexibility index (Phi) is 6.29. The first-order valence-electron chi connectivity index (χ1n) is 7.51. The number of anilines is 1. The van der Waals surface area contributed by atoms with E-state index in [4.69, 9.17) is 21.1 Å². The van der Waals surface area contributed by atoms with Crippen molar-refractivity contribution < 1.29 is 14.3 Å². The molecule has 23 heavy (non-hydrogen) atoms. The SMILES string of the molecule is CCCCOc1cccc(C(=O)Nc2ccc(OC)c(Cl)c2)c1. The molecule has 0 unspecified atom stereocenters. The Morgan fingerprint density at radius 3 is 2.74 bits per heavy atom.